The molecule has 0 aliphatic heterocycles. The van der Waals surface area contributed by atoms with Crippen LogP contribution >= 0.6 is 35.0 Å². The minimum Gasteiger partial charge on any atom is -0.392 e. The Bertz CT molecular complexity index is 526. The summed E-state index contributed by atoms with van der Waals surface area (Å²) in [6, 6.07) is 13.5. The Morgan fingerprint density at radius 1 is 1.00 bits per heavy atom. The van der Waals surface area contributed by atoms with Gasteiger partial charge in [-0.05, 0) is 35.4 Å². The second-order valence-electron chi connectivity index (χ2n) is 3.83. The highest BCUT2D eigenvalue weighted by Crippen LogP contribution is 2.27. The molecule has 0 aliphatic rings. The van der Waals surface area contributed by atoms with Crippen molar-refractivity contribution in [3.05, 3.63) is 63.6 Å². The van der Waals surface area contributed by atoms with Gasteiger partial charge in [-0.1, -0.05) is 41.4 Å². The number of aliphatic hydroxyl groups excluding tert-OH is 1. The first-order chi connectivity index (χ1) is 8.69. The number of aliphatic hydroxyl groups is 1. The molecule has 0 saturated carbocycles. The van der Waals surface area contributed by atoms with Crippen molar-refractivity contribution in [3.63, 3.8) is 0 Å². The highest BCUT2D eigenvalue weighted by atomic mass is 35.5. The van der Waals surface area contributed by atoms with E-state index in [0.717, 1.165) is 21.2 Å². The second-order valence-corrected chi connectivity index (χ2v) is 5.72. The van der Waals surface area contributed by atoms with E-state index in [2.05, 4.69) is 0 Å². The molecule has 2 aromatic rings. The lowest BCUT2D eigenvalue weighted by atomic mass is 10.2. The third-order valence-corrected chi connectivity index (χ3v) is 4.18. The average molecular weight is 299 g/mol. The van der Waals surface area contributed by atoms with E-state index in [1.807, 2.05) is 42.5 Å². The van der Waals surface area contributed by atoms with Gasteiger partial charge in [-0.2, -0.15) is 0 Å². The number of rotatable bonds is 4. The van der Waals surface area contributed by atoms with E-state index < -0.39 is 0 Å². The topological polar surface area (TPSA) is 20.2 Å². The predicted molar refractivity (Wildman–Crippen MR) is 78.4 cm³/mol. The Morgan fingerprint density at radius 3 is 2.33 bits per heavy atom. The number of thioether (sulfide) groups is 1. The van der Waals surface area contributed by atoms with Crippen molar-refractivity contribution in [2.45, 2.75) is 17.3 Å². The highest BCUT2D eigenvalue weighted by Gasteiger charge is 2.02. The van der Waals surface area contributed by atoms with Crippen LogP contribution in [0.25, 0.3) is 0 Å². The van der Waals surface area contributed by atoms with Crippen LogP contribution < -0.4 is 0 Å². The van der Waals surface area contributed by atoms with E-state index in [-0.39, 0.29) is 6.61 Å². The summed E-state index contributed by atoms with van der Waals surface area (Å²) in [7, 11) is 0. The molecule has 0 unspecified atom stereocenters. The first-order valence-corrected chi connectivity index (χ1v) is 7.20. The zero-order valence-electron chi connectivity index (χ0n) is 9.57. The van der Waals surface area contributed by atoms with Gasteiger partial charge in [-0.25, -0.2) is 0 Å². The molecular weight excluding hydrogens is 287 g/mol. The fourth-order valence-electron chi connectivity index (χ4n) is 1.49. The predicted octanol–water partition coefficient (Wildman–Crippen LogP) is 4.78. The van der Waals surface area contributed by atoms with E-state index in [4.69, 9.17) is 28.3 Å². The molecule has 18 heavy (non-hydrogen) atoms. The van der Waals surface area contributed by atoms with Crippen molar-refractivity contribution in [1.82, 2.24) is 0 Å². The fraction of sp³-hybridized carbons (Fsp3) is 0.143. The SMILES string of the molecule is OCc1ccc(SCc2ccc(Cl)cc2)cc1Cl. The molecule has 0 bridgehead atoms. The second kappa shape index (κ2) is 6.48. The normalized spacial score (nSPS) is 10.6. The number of hydrogen-bond acceptors (Lipinski definition) is 2. The van der Waals surface area contributed by atoms with E-state index in [1.165, 1.54) is 5.56 Å². The molecule has 1 N–H and O–H groups in total. The number of hydrogen-bond donors (Lipinski definition) is 1. The van der Waals surface area contributed by atoms with Gasteiger partial charge in [-0.15, -0.1) is 11.8 Å². The van der Waals surface area contributed by atoms with E-state index >= 15 is 0 Å². The van der Waals surface area contributed by atoms with Crippen molar-refractivity contribution < 1.29 is 5.11 Å². The van der Waals surface area contributed by atoms with Crippen molar-refractivity contribution in [2.75, 3.05) is 0 Å². The van der Waals surface area contributed by atoms with Gasteiger partial charge in [-0.3, -0.25) is 0 Å². The lowest BCUT2D eigenvalue weighted by Gasteiger charge is -2.05. The standard InChI is InChI=1S/C14H12Cl2OS/c15-12-4-1-10(2-5-12)9-18-13-6-3-11(8-17)14(16)7-13/h1-7,17H,8-9H2. The summed E-state index contributed by atoms with van der Waals surface area (Å²) in [5.41, 5.74) is 1.97. The maximum absolute atomic E-state index is 9.04. The van der Waals surface area contributed by atoms with E-state index in [1.54, 1.807) is 11.8 Å². The van der Waals surface area contributed by atoms with Gasteiger partial charge in [0.15, 0.2) is 0 Å². The molecule has 2 aromatic carbocycles. The lowest BCUT2D eigenvalue weighted by Crippen LogP contribution is -1.85. The summed E-state index contributed by atoms with van der Waals surface area (Å²) in [5, 5.41) is 10.4. The van der Waals surface area contributed by atoms with Crippen LogP contribution in [0.5, 0.6) is 0 Å². The van der Waals surface area contributed by atoms with Crippen LogP contribution in [0.1, 0.15) is 11.1 Å². The first-order valence-electron chi connectivity index (χ1n) is 5.45. The molecule has 0 saturated heterocycles. The molecular formula is C14H12Cl2OS. The molecule has 0 aromatic heterocycles. The molecule has 0 aliphatic carbocycles. The van der Waals surface area contributed by atoms with Gasteiger partial charge in [0.25, 0.3) is 0 Å². The quantitative estimate of drug-likeness (QED) is 0.820. The van der Waals surface area contributed by atoms with Crippen molar-refractivity contribution in [3.8, 4) is 0 Å². The Balaban J connectivity index is 2.02. The molecule has 4 heteroatoms. The van der Waals surface area contributed by atoms with E-state index in [9.17, 15) is 0 Å². The van der Waals surface area contributed by atoms with Crippen LogP contribution in [0, 0.1) is 0 Å². The summed E-state index contributed by atoms with van der Waals surface area (Å²) in [4.78, 5) is 1.09. The molecule has 1 nitrogen and oxygen atoms in total. The third kappa shape index (κ3) is 3.66. The Morgan fingerprint density at radius 2 is 1.72 bits per heavy atom. The summed E-state index contributed by atoms with van der Waals surface area (Å²) in [6.07, 6.45) is 0. The van der Waals surface area contributed by atoms with Crippen LogP contribution in [-0.2, 0) is 12.4 Å². The maximum atomic E-state index is 9.04. The van der Waals surface area contributed by atoms with Gasteiger partial charge < -0.3 is 5.11 Å². The van der Waals surface area contributed by atoms with Crippen LogP contribution in [0.3, 0.4) is 0 Å². The molecule has 2 rings (SSSR count). The van der Waals surface area contributed by atoms with Gasteiger partial charge in [0, 0.05) is 20.7 Å². The Labute approximate surface area is 121 Å². The van der Waals surface area contributed by atoms with Crippen molar-refractivity contribution in [2.24, 2.45) is 0 Å². The largest absolute Gasteiger partial charge is 0.392 e. The zero-order chi connectivity index (χ0) is 13.0. The Kier molecular flexibility index (Phi) is 4.95. The third-order valence-electron chi connectivity index (χ3n) is 2.51. The van der Waals surface area contributed by atoms with Crippen LogP contribution in [0.2, 0.25) is 10.0 Å². The smallest absolute Gasteiger partial charge is 0.0696 e. The molecule has 94 valence electrons. The number of halogens is 2. The molecule has 0 spiro atoms. The van der Waals surface area contributed by atoms with Crippen LogP contribution in [0.15, 0.2) is 47.4 Å². The zero-order valence-corrected chi connectivity index (χ0v) is 11.9. The average Bonchev–Trinajstić information content (AvgIpc) is 2.38. The molecule has 0 atom stereocenters. The molecule has 0 radical (unpaired) electrons. The molecule has 0 fully saturated rings. The summed E-state index contributed by atoms with van der Waals surface area (Å²) >= 11 is 13.6. The Hall–Kier alpha value is -0.670. The van der Waals surface area contributed by atoms with Crippen molar-refractivity contribution >= 4 is 35.0 Å². The van der Waals surface area contributed by atoms with Gasteiger partial charge in [0.05, 0.1) is 6.61 Å². The first kappa shape index (κ1) is 13.8. The minimum absolute atomic E-state index is 0.0268. The van der Waals surface area contributed by atoms with Crippen molar-refractivity contribution in [1.29, 1.82) is 0 Å². The summed E-state index contributed by atoms with van der Waals surface area (Å²) in [5.74, 6) is 0.867. The van der Waals surface area contributed by atoms with Crippen LogP contribution in [-0.4, -0.2) is 5.11 Å². The fourth-order valence-corrected chi connectivity index (χ4v) is 2.82. The molecule has 0 heterocycles. The lowest BCUT2D eigenvalue weighted by molar-refractivity contribution is 0.282. The van der Waals surface area contributed by atoms with E-state index in [0.29, 0.717) is 5.02 Å². The number of benzene rings is 2. The minimum atomic E-state index is -0.0268. The summed E-state index contributed by atoms with van der Waals surface area (Å²) < 4.78 is 0. The van der Waals surface area contributed by atoms with Gasteiger partial charge in [0.2, 0.25) is 0 Å². The van der Waals surface area contributed by atoms with Gasteiger partial charge >= 0.3 is 0 Å². The highest BCUT2D eigenvalue weighted by molar-refractivity contribution is 7.98. The maximum Gasteiger partial charge on any atom is 0.0696 e. The molecule has 0 amide bonds. The van der Waals surface area contributed by atoms with Gasteiger partial charge in [0.1, 0.15) is 0 Å². The van der Waals surface area contributed by atoms with Crippen LogP contribution in [0.4, 0.5) is 0 Å². The summed E-state index contributed by atoms with van der Waals surface area (Å²) in [6.45, 7) is -0.0268. The monoisotopic (exact) mass is 298 g/mol.